The summed E-state index contributed by atoms with van der Waals surface area (Å²) in [5, 5.41) is 28.5. The number of hydrogen-bond donors (Lipinski definition) is 2. The van der Waals surface area contributed by atoms with E-state index in [1.54, 1.807) is 6.92 Å². The first-order valence-electron chi connectivity index (χ1n) is 8.90. The van der Waals surface area contributed by atoms with Crippen molar-refractivity contribution in [3.05, 3.63) is 64.7 Å². The van der Waals surface area contributed by atoms with Gasteiger partial charge in [0.1, 0.15) is 9.88 Å². The normalized spacial score (nSPS) is 11.4. The number of nitrogens with zero attached hydrogens (tertiary/aromatic N) is 4. The molecular formula is C21H16N4O4S. The largest absolute Gasteiger partial charge is 0.494 e. The summed E-state index contributed by atoms with van der Waals surface area (Å²) in [5.74, 6) is -1.69. The first-order valence-corrected chi connectivity index (χ1v) is 9.72. The Morgan fingerprint density at radius 2 is 1.63 bits per heavy atom. The van der Waals surface area contributed by atoms with Gasteiger partial charge < -0.3 is 10.2 Å². The Hall–Kier alpha value is -3.85. The number of azo groups is 1. The quantitative estimate of drug-likeness (QED) is 0.475. The smallest absolute Gasteiger partial charge is 0.307 e. The van der Waals surface area contributed by atoms with E-state index in [4.69, 9.17) is 0 Å². The zero-order chi connectivity index (χ0) is 21.4. The number of aromatic hydroxyl groups is 2. The molecule has 0 spiro atoms. The molecule has 0 unspecified atom stereocenters. The number of rotatable bonds is 3. The number of aryl methyl sites for hydroxylation is 1. The van der Waals surface area contributed by atoms with Gasteiger partial charge in [-0.05, 0) is 25.1 Å². The van der Waals surface area contributed by atoms with E-state index < -0.39 is 11.8 Å². The van der Waals surface area contributed by atoms with Crippen LogP contribution < -0.4 is 0 Å². The molecule has 0 saturated carbocycles. The molecule has 0 aliphatic heterocycles. The van der Waals surface area contributed by atoms with Crippen LogP contribution in [0.3, 0.4) is 0 Å². The molecule has 8 nitrogen and oxygen atoms in total. The molecule has 0 aliphatic carbocycles. The van der Waals surface area contributed by atoms with Crippen molar-refractivity contribution in [1.29, 1.82) is 0 Å². The lowest BCUT2D eigenvalue weighted by molar-refractivity contribution is 0.0948. The standard InChI is InChI=1S/C21H16N4O4S/c1-11-16(30-19(22-11)12-6-4-3-5-7-12)18(27)24-23-17(26)13-8-9-14-15(10-13)21(29)25(2)20(14)28/h3-10,28-29H,1-2H3. The van der Waals surface area contributed by atoms with Crippen molar-refractivity contribution in [2.45, 2.75) is 6.92 Å². The SMILES string of the molecule is Cc1nc(-c2ccccc2)sc1C(=O)N=NC(=O)c1ccc2c(O)n(C)c(O)c2c1. The van der Waals surface area contributed by atoms with Gasteiger partial charge in [-0.2, -0.15) is 0 Å². The minimum absolute atomic E-state index is 0.117. The Labute approximate surface area is 174 Å². The average molecular weight is 420 g/mol. The summed E-state index contributed by atoms with van der Waals surface area (Å²) in [7, 11) is 1.49. The van der Waals surface area contributed by atoms with Crippen molar-refractivity contribution in [2.24, 2.45) is 17.3 Å². The van der Waals surface area contributed by atoms with Gasteiger partial charge in [-0.1, -0.05) is 30.3 Å². The molecule has 2 heterocycles. The van der Waals surface area contributed by atoms with E-state index in [0.29, 0.717) is 26.4 Å². The molecular weight excluding hydrogens is 404 g/mol. The Kier molecular flexibility index (Phi) is 4.88. The van der Waals surface area contributed by atoms with Crippen LogP contribution in [0.2, 0.25) is 0 Å². The number of fused-ring (bicyclic) bond motifs is 1. The van der Waals surface area contributed by atoms with Crippen LogP contribution in [0.5, 0.6) is 11.8 Å². The fourth-order valence-electron chi connectivity index (χ4n) is 3.01. The van der Waals surface area contributed by atoms with E-state index in [1.165, 1.54) is 41.2 Å². The van der Waals surface area contributed by atoms with Crippen molar-refractivity contribution in [3.63, 3.8) is 0 Å². The lowest BCUT2D eigenvalue weighted by Gasteiger charge is -1.96. The lowest BCUT2D eigenvalue weighted by Crippen LogP contribution is -1.97. The van der Waals surface area contributed by atoms with Crippen molar-refractivity contribution in [2.75, 3.05) is 0 Å². The van der Waals surface area contributed by atoms with E-state index >= 15 is 0 Å². The summed E-state index contributed by atoms with van der Waals surface area (Å²) in [5.41, 5.74) is 1.53. The minimum Gasteiger partial charge on any atom is -0.494 e. The average Bonchev–Trinajstić information content (AvgIpc) is 3.26. The van der Waals surface area contributed by atoms with Crippen LogP contribution in [0.15, 0.2) is 58.8 Å². The molecule has 150 valence electrons. The zero-order valence-electron chi connectivity index (χ0n) is 16.0. The maximum Gasteiger partial charge on any atom is 0.307 e. The third-order valence-electron chi connectivity index (χ3n) is 4.63. The number of thiazole rings is 1. The van der Waals surface area contributed by atoms with Gasteiger partial charge in [-0.15, -0.1) is 21.6 Å². The second kappa shape index (κ2) is 7.53. The van der Waals surface area contributed by atoms with Crippen LogP contribution in [-0.4, -0.2) is 31.6 Å². The maximum atomic E-state index is 12.4. The van der Waals surface area contributed by atoms with Gasteiger partial charge in [0.25, 0.3) is 5.91 Å². The fraction of sp³-hybridized carbons (Fsp3) is 0.0952. The number of benzene rings is 2. The van der Waals surface area contributed by atoms with Gasteiger partial charge in [0.2, 0.25) is 11.8 Å². The fourth-order valence-corrected chi connectivity index (χ4v) is 3.96. The molecule has 30 heavy (non-hydrogen) atoms. The van der Waals surface area contributed by atoms with E-state index in [1.807, 2.05) is 30.3 Å². The third-order valence-corrected chi connectivity index (χ3v) is 5.82. The summed E-state index contributed by atoms with van der Waals surface area (Å²) < 4.78 is 1.20. The highest BCUT2D eigenvalue weighted by atomic mass is 32.1. The molecule has 9 heteroatoms. The van der Waals surface area contributed by atoms with Crippen molar-refractivity contribution < 1.29 is 19.8 Å². The third kappa shape index (κ3) is 3.35. The summed E-state index contributed by atoms with van der Waals surface area (Å²) in [6, 6.07) is 13.8. The van der Waals surface area contributed by atoms with Crippen molar-refractivity contribution >= 4 is 33.9 Å². The number of amides is 2. The Morgan fingerprint density at radius 3 is 2.37 bits per heavy atom. The first-order chi connectivity index (χ1) is 14.4. The maximum absolute atomic E-state index is 12.4. The summed E-state index contributed by atoms with van der Waals surface area (Å²) in [6.45, 7) is 1.70. The Morgan fingerprint density at radius 1 is 0.967 bits per heavy atom. The highest BCUT2D eigenvalue weighted by Crippen LogP contribution is 2.35. The highest BCUT2D eigenvalue weighted by molar-refractivity contribution is 7.17. The zero-order valence-corrected chi connectivity index (χ0v) is 16.8. The topological polar surface area (TPSA) is 117 Å². The molecule has 0 atom stereocenters. The molecule has 2 amide bonds. The van der Waals surface area contributed by atoms with Crippen LogP contribution in [-0.2, 0) is 7.05 Å². The van der Waals surface area contributed by atoms with Crippen molar-refractivity contribution in [3.8, 4) is 22.3 Å². The van der Waals surface area contributed by atoms with Gasteiger partial charge in [0, 0.05) is 28.9 Å². The summed E-state index contributed by atoms with van der Waals surface area (Å²) in [6.07, 6.45) is 0. The van der Waals surface area contributed by atoms with E-state index in [9.17, 15) is 19.8 Å². The number of carbonyl (C=O) groups is 2. The molecule has 0 fully saturated rings. The molecule has 2 aromatic carbocycles. The van der Waals surface area contributed by atoms with Crippen LogP contribution in [0.4, 0.5) is 0 Å². The van der Waals surface area contributed by atoms with Gasteiger partial charge in [0.05, 0.1) is 5.69 Å². The molecule has 0 radical (unpaired) electrons. The van der Waals surface area contributed by atoms with Gasteiger partial charge >= 0.3 is 5.91 Å². The van der Waals surface area contributed by atoms with E-state index in [0.717, 1.165) is 5.56 Å². The molecule has 4 aromatic rings. The summed E-state index contributed by atoms with van der Waals surface area (Å²) in [4.78, 5) is 29.5. The highest BCUT2D eigenvalue weighted by Gasteiger charge is 2.18. The Bertz CT molecular complexity index is 1320. The van der Waals surface area contributed by atoms with Crippen LogP contribution >= 0.6 is 11.3 Å². The lowest BCUT2D eigenvalue weighted by atomic mass is 10.1. The molecule has 2 aromatic heterocycles. The number of aromatic nitrogens is 2. The van der Waals surface area contributed by atoms with Crippen LogP contribution in [0.25, 0.3) is 21.3 Å². The molecule has 2 N–H and O–H groups in total. The van der Waals surface area contributed by atoms with Crippen molar-refractivity contribution in [1.82, 2.24) is 9.55 Å². The second-order valence-corrected chi connectivity index (χ2v) is 7.58. The molecule has 0 bridgehead atoms. The van der Waals surface area contributed by atoms with Crippen LogP contribution in [0.1, 0.15) is 25.7 Å². The predicted molar refractivity (Wildman–Crippen MR) is 112 cm³/mol. The predicted octanol–water partition coefficient (Wildman–Crippen LogP) is 4.45. The molecule has 0 saturated heterocycles. The van der Waals surface area contributed by atoms with E-state index in [-0.39, 0.29) is 17.3 Å². The minimum atomic E-state index is -0.738. The van der Waals surface area contributed by atoms with Crippen LogP contribution in [0, 0.1) is 6.92 Å². The monoisotopic (exact) mass is 420 g/mol. The summed E-state index contributed by atoms with van der Waals surface area (Å²) >= 11 is 1.19. The Balaban J connectivity index is 1.57. The van der Waals surface area contributed by atoms with Gasteiger partial charge in [0.15, 0.2) is 0 Å². The van der Waals surface area contributed by atoms with E-state index in [2.05, 4.69) is 15.2 Å². The van der Waals surface area contributed by atoms with Gasteiger partial charge in [-0.3, -0.25) is 14.2 Å². The molecule has 0 aliphatic rings. The first kappa shape index (κ1) is 19.5. The second-order valence-electron chi connectivity index (χ2n) is 6.58. The number of carbonyl (C=O) groups excluding carboxylic acids is 2. The van der Waals surface area contributed by atoms with Gasteiger partial charge in [-0.25, -0.2) is 4.98 Å². The molecule has 4 rings (SSSR count). The number of hydrogen-bond acceptors (Lipinski definition) is 6.